The van der Waals surface area contributed by atoms with Crippen molar-refractivity contribution in [1.82, 2.24) is 4.90 Å². The van der Waals surface area contributed by atoms with E-state index in [1.807, 2.05) is 11.8 Å². The second kappa shape index (κ2) is 5.15. The quantitative estimate of drug-likeness (QED) is 0.700. The van der Waals surface area contributed by atoms with E-state index in [0.717, 1.165) is 25.9 Å². The first-order chi connectivity index (χ1) is 6.56. The summed E-state index contributed by atoms with van der Waals surface area (Å²) in [5, 5.41) is 0. The van der Waals surface area contributed by atoms with E-state index in [4.69, 9.17) is 0 Å². The van der Waals surface area contributed by atoms with Crippen LogP contribution in [0.25, 0.3) is 0 Å². The fraction of sp³-hybridized carbons (Fsp3) is 0.909. The first-order valence-corrected chi connectivity index (χ1v) is 6.40. The standard InChI is InChI=1S/C11H20BrNO/c1-4-8(2)11(14)13-6-5-9(3)10(12)7-13/h8-10H,4-7H2,1-3H3. The molecule has 3 unspecified atom stereocenters. The zero-order valence-corrected chi connectivity index (χ0v) is 10.9. The van der Waals surface area contributed by atoms with Gasteiger partial charge in [0.1, 0.15) is 0 Å². The van der Waals surface area contributed by atoms with Crippen LogP contribution in [-0.2, 0) is 4.79 Å². The fourth-order valence-electron chi connectivity index (χ4n) is 1.71. The van der Waals surface area contributed by atoms with Gasteiger partial charge >= 0.3 is 0 Å². The van der Waals surface area contributed by atoms with Crippen molar-refractivity contribution in [2.24, 2.45) is 11.8 Å². The Morgan fingerprint density at radius 1 is 1.64 bits per heavy atom. The van der Waals surface area contributed by atoms with Crippen molar-refractivity contribution in [2.45, 2.75) is 38.4 Å². The van der Waals surface area contributed by atoms with Gasteiger partial charge in [0.05, 0.1) is 0 Å². The molecule has 3 heteroatoms. The number of amides is 1. The van der Waals surface area contributed by atoms with Gasteiger partial charge in [-0.15, -0.1) is 0 Å². The van der Waals surface area contributed by atoms with Crippen molar-refractivity contribution in [3.8, 4) is 0 Å². The van der Waals surface area contributed by atoms with Gasteiger partial charge in [0.25, 0.3) is 0 Å². The second-order valence-electron chi connectivity index (χ2n) is 4.38. The van der Waals surface area contributed by atoms with E-state index in [0.29, 0.717) is 16.7 Å². The first kappa shape index (κ1) is 12.0. The molecule has 82 valence electrons. The Morgan fingerprint density at radius 2 is 2.29 bits per heavy atom. The average molecular weight is 262 g/mol. The minimum absolute atomic E-state index is 0.183. The van der Waals surface area contributed by atoms with Crippen molar-refractivity contribution in [2.75, 3.05) is 13.1 Å². The third kappa shape index (κ3) is 2.72. The highest BCUT2D eigenvalue weighted by atomic mass is 79.9. The number of piperidine rings is 1. The van der Waals surface area contributed by atoms with Crippen LogP contribution in [-0.4, -0.2) is 28.7 Å². The highest BCUT2D eigenvalue weighted by molar-refractivity contribution is 9.09. The van der Waals surface area contributed by atoms with Gasteiger partial charge in [-0.2, -0.15) is 0 Å². The summed E-state index contributed by atoms with van der Waals surface area (Å²) < 4.78 is 0. The van der Waals surface area contributed by atoms with Gasteiger partial charge in [-0.25, -0.2) is 0 Å². The van der Waals surface area contributed by atoms with Gasteiger partial charge in [-0.05, 0) is 18.8 Å². The summed E-state index contributed by atoms with van der Waals surface area (Å²) in [6.07, 6.45) is 2.07. The van der Waals surface area contributed by atoms with E-state index < -0.39 is 0 Å². The molecule has 0 aliphatic carbocycles. The topological polar surface area (TPSA) is 20.3 Å². The number of nitrogens with zero attached hydrogens (tertiary/aromatic N) is 1. The Bertz CT molecular complexity index is 207. The van der Waals surface area contributed by atoms with Gasteiger partial charge < -0.3 is 4.90 Å². The lowest BCUT2D eigenvalue weighted by molar-refractivity contribution is -0.136. The Morgan fingerprint density at radius 3 is 2.79 bits per heavy atom. The Balaban J connectivity index is 2.50. The summed E-state index contributed by atoms with van der Waals surface area (Å²) in [4.78, 5) is 14.4. The van der Waals surface area contributed by atoms with E-state index >= 15 is 0 Å². The van der Waals surface area contributed by atoms with Crippen LogP contribution in [0, 0.1) is 11.8 Å². The molecule has 1 fully saturated rings. The molecule has 1 aliphatic rings. The smallest absolute Gasteiger partial charge is 0.225 e. The Kier molecular flexibility index (Phi) is 4.42. The first-order valence-electron chi connectivity index (χ1n) is 5.49. The molecule has 0 bridgehead atoms. The summed E-state index contributed by atoms with van der Waals surface area (Å²) in [6, 6.07) is 0. The van der Waals surface area contributed by atoms with Crippen molar-refractivity contribution in [1.29, 1.82) is 0 Å². The molecule has 1 heterocycles. The van der Waals surface area contributed by atoms with E-state index in [1.54, 1.807) is 0 Å². The van der Waals surface area contributed by atoms with Gasteiger partial charge in [0.2, 0.25) is 5.91 Å². The van der Waals surface area contributed by atoms with Gasteiger partial charge in [-0.1, -0.05) is 36.7 Å². The largest absolute Gasteiger partial charge is 0.341 e. The molecule has 1 aliphatic heterocycles. The van der Waals surface area contributed by atoms with Crippen LogP contribution in [0.3, 0.4) is 0 Å². The lowest BCUT2D eigenvalue weighted by Gasteiger charge is -2.35. The maximum Gasteiger partial charge on any atom is 0.225 e. The monoisotopic (exact) mass is 261 g/mol. The summed E-state index contributed by atoms with van der Waals surface area (Å²) in [7, 11) is 0. The number of carbonyl (C=O) groups excluding carboxylic acids is 1. The second-order valence-corrected chi connectivity index (χ2v) is 5.55. The number of hydrogen-bond donors (Lipinski definition) is 0. The van der Waals surface area contributed by atoms with Crippen molar-refractivity contribution < 1.29 is 4.79 Å². The molecule has 2 nitrogen and oxygen atoms in total. The molecule has 0 saturated carbocycles. The summed E-state index contributed by atoms with van der Waals surface area (Å²) >= 11 is 3.64. The number of likely N-dealkylation sites (tertiary alicyclic amines) is 1. The molecule has 0 N–H and O–H groups in total. The molecule has 14 heavy (non-hydrogen) atoms. The predicted octanol–water partition coefficient (Wildman–Crippen LogP) is 2.66. The van der Waals surface area contributed by atoms with Crippen LogP contribution in [0.1, 0.15) is 33.6 Å². The van der Waals surface area contributed by atoms with Crippen LogP contribution >= 0.6 is 15.9 Å². The normalized spacial score (nSPS) is 30.1. The zero-order chi connectivity index (χ0) is 10.7. The van der Waals surface area contributed by atoms with Crippen LogP contribution in [0.15, 0.2) is 0 Å². The number of alkyl halides is 1. The molecule has 3 atom stereocenters. The van der Waals surface area contributed by atoms with Crippen LogP contribution in [0.5, 0.6) is 0 Å². The van der Waals surface area contributed by atoms with Crippen molar-refractivity contribution in [3.05, 3.63) is 0 Å². The predicted molar refractivity (Wildman–Crippen MR) is 62.5 cm³/mol. The average Bonchev–Trinajstić information content (AvgIpc) is 2.20. The van der Waals surface area contributed by atoms with E-state index in [2.05, 4.69) is 29.8 Å². The van der Waals surface area contributed by atoms with Crippen molar-refractivity contribution in [3.63, 3.8) is 0 Å². The molecule has 0 aromatic carbocycles. The summed E-state index contributed by atoms with van der Waals surface area (Å²) in [5.41, 5.74) is 0. The molecule has 0 radical (unpaired) electrons. The lowest BCUT2D eigenvalue weighted by atomic mass is 9.97. The highest BCUT2D eigenvalue weighted by Crippen LogP contribution is 2.24. The summed E-state index contributed by atoms with van der Waals surface area (Å²) in [6.45, 7) is 8.14. The highest BCUT2D eigenvalue weighted by Gasteiger charge is 2.28. The number of rotatable bonds is 2. The fourth-order valence-corrected chi connectivity index (χ4v) is 2.32. The molecule has 1 saturated heterocycles. The SMILES string of the molecule is CCC(C)C(=O)N1CCC(C)C(Br)C1. The molecule has 1 amide bonds. The van der Waals surface area contributed by atoms with E-state index in [1.165, 1.54) is 0 Å². The van der Waals surface area contributed by atoms with E-state index in [-0.39, 0.29) is 5.92 Å². The minimum Gasteiger partial charge on any atom is -0.341 e. The van der Waals surface area contributed by atoms with Gasteiger partial charge in [-0.3, -0.25) is 4.79 Å². The number of hydrogen-bond acceptors (Lipinski definition) is 1. The maximum atomic E-state index is 11.9. The molecular weight excluding hydrogens is 242 g/mol. The zero-order valence-electron chi connectivity index (χ0n) is 9.29. The molecular formula is C11H20BrNO. The third-order valence-electron chi connectivity index (χ3n) is 3.21. The lowest BCUT2D eigenvalue weighted by Crippen LogP contribution is -2.45. The number of halogens is 1. The van der Waals surface area contributed by atoms with Gasteiger partial charge in [0, 0.05) is 23.8 Å². The maximum absolute atomic E-state index is 11.9. The molecule has 0 spiro atoms. The molecule has 0 aromatic heterocycles. The number of carbonyl (C=O) groups is 1. The molecule has 0 aromatic rings. The Hall–Kier alpha value is -0.0500. The summed E-state index contributed by atoms with van der Waals surface area (Å²) in [5.74, 6) is 1.20. The van der Waals surface area contributed by atoms with Crippen LogP contribution < -0.4 is 0 Å². The Labute approximate surface area is 95.2 Å². The van der Waals surface area contributed by atoms with Crippen LogP contribution in [0.4, 0.5) is 0 Å². The van der Waals surface area contributed by atoms with Crippen LogP contribution in [0.2, 0.25) is 0 Å². The van der Waals surface area contributed by atoms with Gasteiger partial charge in [0.15, 0.2) is 0 Å². The third-order valence-corrected chi connectivity index (χ3v) is 4.40. The molecule has 1 rings (SSSR count). The minimum atomic E-state index is 0.183. The van der Waals surface area contributed by atoms with Crippen molar-refractivity contribution >= 4 is 21.8 Å². The van der Waals surface area contributed by atoms with E-state index in [9.17, 15) is 4.79 Å².